The van der Waals surface area contributed by atoms with Crippen LogP contribution in [0.4, 0.5) is 5.69 Å². The minimum absolute atomic E-state index is 0.274. The second kappa shape index (κ2) is 6.25. The summed E-state index contributed by atoms with van der Waals surface area (Å²) in [5, 5.41) is 21.6. The van der Waals surface area contributed by atoms with Crippen molar-refractivity contribution in [1.29, 1.82) is 0 Å². The number of anilines is 1. The molecule has 3 N–H and O–H groups in total. The number of aliphatic hydroxyl groups is 1. The molecule has 0 spiro atoms. The monoisotopic (exact) mass is 237 g/mol. The molecule has 1 unspecified atom stereocenters. The van der Waals surface area contributed by atoms with E-state index >= 15 is 0 Å². The molecule has 1 aromatic carbocycles. The summed E-state index contributed by atoms with van der Waals surface area (Å²) in [5.41, 5.74) is 1.81. The standard InChI is InChI=1S/C13H19NO3/c1-3-10(15)7-8-14-12-9(2)5-4-6-11(12)13(16)17/h4-6,10,14-15H,3,7-8H2,1-2H3,(H,16,17). The fourth-order valence-electron chi connectivity index (χ4n) is 1.65. The van der Waals surface area contributed by atoms with Crippen molar-refractivity contribution in [3.63, 3.8) is 0 Å². The minimum atomic E-state index is -0.938. The Kier molecular flexibility index (Phi) is 4.97. The summed E-state index contributed by atoms with van der Waals surface area (Å²) in [6.45, 7) is 4.35. The average Bonchev–Trinajstić information content (AvgIpc) is 2.30. The Morgan fingerprint density at radius 1 is 1.47 bits per heavy atom. The van der Waals surface area contributed by atoms with E-state index in [1.165, 1.54) is 0 Å². The number of carbonyl (C=O) groups is 1. The van der Waals surface area contributed by atoms with Crippen molar-refractivity contribution in [3.8, 4) is 0 Å². The highest BCUT2D eigenvalue weighted by Gasteiger charge is 2.11. The number of para-hydroxylation sites is 1. The lowest BCUT2D eigenvalue weighted by molar-refractivity contribution is 0.0698. The third-order valence-corrected chi connectivity index (χ3v) is 2.75. The Labute approximate surface area is 101 Å². The number of aromatic carboxylic acids is 1. The van der Waals surface area contributed by atoms with Gasteiger partial charge in [-0.25, -0.2) is 4.79 Å². The van der Waals surface area contributed by atoms with Gasteiger partial charge in [-0.2, -0.15) is 0 Å². The summed E-state index contributed by atoms with van der Waals surface area (Å²) in [6.07, 6.45) is 0.991. The molecule has 0 amide bonds. The van der Waals surface area contributed by atoms with Crippen molar-refractivity contribution in [1.82, 2.24) is 0 Å². The number of carboxylic acid groups (broad SMARTS) is 1. The van der Waals surface area contributed by atoms with Crippen LogP contribution in [0.25, 0.3) is 0 Å². The van der Waals surface area contributed by atoms with E-state index < -0.39 is 5.97 Å². The zero-order valence-corrected chi connectivity index (χ0v) is 10.2. The van der Waals surface area contributed by atoms with E-state index in [2.05, 4.69) is 5.32 Å². The first-order chi connectivity index (χ1) is 8.06. The molecular weight excluding hydrogens is 218 g/mol. The maximum Gasteiger partial charge on any atom is 0.337 e. The Morgan fingerprint density at radius 3 is 2.76 bits per heavy atom. The van der Waals surface area contributed by atoms with Crippen LogP contribution < -0.4 is 5.32 Å². The number of benzene rings is 1. The molecule has 0 aliphatic carbocycles. The first-order valence-corrected chi connectivity index (χ1v) is 5.81. The van der Waals surface area contributed by atoms with Gasteiger partial charge in [-0.3, -0.25) is 0 Å². The van der Waals surface area contributed by atoms with Crippen LogP contribution in [0.3, 0.4) is 0 Å². The molecule has 0 aromatic heterocycles. The molecule has 0 aliphatic heterocycles. The Hall–Kier alpha value is -1.55. The second-order valence-corrected chi connectivity index (χ2v) is 4.08. The van der Waals surface area contributed by atoms with Gasteiger partial charge in [-0.1, -0.05) is 19.1 Å². The van der Waals surface area contributed by atoms with Crippen LogP contribution in [0.2, 0.25) is 0 Å². The smallest absolute Gasteiger partial charge is 0.337 e. The second-order valence-electron chi connectivity index (χ2n) is 4.08. The Balaban J connectivity index is 2.72. The van der Waals surface area contributed by atoms with Crippen LogP contribution in [-0.4, -0.2) is 28.8 Å². The van der Waals surface area contributed by atoms with Crippen LogP contribution in [0.5, 0.6) is 0 Å². The SMILES string of the molecule is CCC(O)CCNc1c(C)cccc1C(=O)O. The predicted octanol–water partition coefficient (Wildman–Crippen LogP) is 2.27. The highest BCUT2D eigenvalue weighted by Crippen LogP contribution is 2.20. The van der Waals surface area contributed by atoms with Crippen LogP contribution in [0.15, 0.2) is 18.2 Å². The minimum Gasteiger partial charge on any atom is -0.478 e. The molecule has 0 fully saturated rings. The highest BCUT2D eigenvalue weighted by atomic mass is 16.4. The van der Waals surface area contributed by atoms with Crippen molar-refractivity contribution in [2.75, 3.05) is 11.9 Å². The Bertz CT molecular complexity index is 390. The van der Waals surface area contributed by atoms with Gasteiger partial charge in [0.1, 0.15) is 0 Å². The van der Waals surface area contributed by atoms with Crippen LogP contribution >= 0.6 is 0 Å². The lowest BCUT2D eigenvalue weighted by Gasteiger charge is -2.14. The number of aryl methyl sites for hydroxylation is 1. The first-order valence-electron chi connectivity index (χ1n) is 5.81. The summed E-state index contributed by atoms with van der Waals surface area (Å²) < 4.78 is 0. The highest BCUT2D eigenvalue weighted by molar-refractivity contribution is 5.95. The zero-order valence-electron chi connectivity index (χ0n) is 10.2. The van der Waals surface area contributed by atoms with Crippen molar-refractivity contribution in [3.05, 3.63) is 29.3 Å². The zero-order chi connectivity index (χ0) is 12.8. The lowest BCUT2D eigenvalue weighted by Crippen LogP contribution is -2.14. The third kappa shape index (κ3) is 3.75. The summed E-state index contributed by atoms with van der Waals surface area (Å²) in [7, 11) is 0. The third-order valence-electron chi connectivity index (χ3n) is 2.75. The fourth-order valence-corrected chi connectivity index (χ4v) is 1.65. The number of nitrogens with one attached hydrogen (secondary N) is 1. The molecule has 0 saturated heterocycles. The molecule has 0 aliphatic rings. The molecule has 0 radical (unpaired) electrons. The number of carboxylic acids is 1. The molecule has 17 heavy (non-hydrogen) atoms. The van der Waals surface area contributed by atoms with E-state index in [1.54, 1.807) is 12.1 Å². The largest absolute Gasteiger partial charge is 0.478 e. The van der Waals surface area contributed by atoms with Crippen LogP contribution in [-0.2, 0) is 0 Å². The van der Waals surface area contributed by atoms with Gasteiger partial charge in [0.25, 0.3) is 0 Å². The van der Waals surface area contributed by atoms with Crippen molar-refractivity contribution >= 4 is 11.7 Å². The van der Waals surface area contributed by atoms with E-state index in [-0.39, 0.29) is 11.7 Å². The normalized spacial score (nSPS) is 12.2. The molecule has 4 nitrogen and oxygen atoms in total. The van der Waals surface area contributed by atoms with Gasteiger partial charge in [0.15, 0.2) is 0 Å². The summed E-state index contributed by atoms with van der Waals surface area (Å²) in [4.78, 5) is 11.0. The van der Waals surface area contributed by atoms with Gasteiger partial charge in [-0.15, -0.1) is 0 Å². The lowest BCUT2D eigenvalue weighted by atomic mass is 10.1. The molecule has 0 heterocycles. The van der Waals surface area contributed by atoms with E-state index in [0.717, 1.165) is 5.56 Å². The molecule has 4 heteroatoms. The van der Waals surface area contributed by atoms with E-state index in [4.69, 9.17) is 5.11 Å². The molecule has 0 saturated carbocycles. The number of aliphatic hydroxyl groups excluding tert-OH is 1. The topological polar surface area (TPSA) is 69.6 Å². The van der Waals surface area contributed by atoms with Crippen molar-refractivity contribution < 1.29 is 15.0 Å². The summed E-state index contributed by atoms with van der Waals surface area (Å²) in [6, 6.07) is 5.17. The quantitative estimate of drug-likeness (QED) is 0.710. The van der Waals surface area contributed by atoms with Crippen molar-refractivity contribution in [2.45, 2.75) is 32.8 Å². The molecule has 1 atom stereocenters. The van der Waals surface area contributed by atoms with Crippen LogP contribution in [0, 0.1) is 6.92 Å². The number of rotatable bonds is 6. The van der Waals surface area contributed by atoms with Crippen molar-refractivity contribution in [2.24, 2.45) is 0 Å². The van der Waals surface area contributed by atoms with Gasteiger partial charge in [0.2, 0.25) is 0 Å². The van der Waals surface area contributed by atoms with Gasteiger partial charge in [0.05, 0.1) is 17.4 Å². The van der Waals surface area contributed by atoms with E-state index in [9.17, 15) is 9.90 Å². The maximum absolute atomic E-state index is 11.0. The summed E-state index contributed by atoms with van der Waals surface area (Å²) in [5.74, 6) is -0.938. The first kappa shape index (κ1) is 13.5. The van der Waals surface area contributed by atoms with E-state index in [1.807, 2.05) is 19.9 Å². The maximum atomic E-state index is 11.0. The Morgan fingerprint density at radius 2 is 2.18 bits per heavy atom. The van der Waals surface area contributed by atoms with Crippen LogP contribution in [0.1, 0.15) is 35.7 Å². The molecular formula is C13H19NO3. The molecule has 94 valence electrons. The van der Waals surface area contributed by atoms with Gasteiger partial charge < -0.3 is 15.5 Å². The molecule has 1 rings (SSSR count). The number of hydrogen-bond acceptors (Lipinski definition) is 3. The van der Waals surface area contributed by atoms with Gasteiger partial charge in [0, 0.05) is 6.54 Å². The molecule has 1 aromatic rings. The number of hydrogen-bond donors (Lipinski definition) is 3. The summed E-state index contributed by atoms with van der Waals surface area (Å²) >= 11 is 0. The van der Waals surface area contributed by atoms with E-state index in [0.29, 0.717) is 25.1 Å². The van der Waals surface area contributed by atoms with Gasteiger partial charge >= 0.3 is 5.97 Å². The fraction of sp³-hybridized carbons (Fsp3) is 0.462. The predicted molar refractivity (Wildman–Crippen MR) is 67.5 cm³/mol. The van der Waals surface area contributed by atoms with Gasteiger partial charge in [-0.05, 0) is 31.4 Å². The average molecular weight is 237 g/mol. The molecule has 0 bridgehead atoms.